The summed E-state index contributed by atoms with van der Waals surface area (Å²) < 4.78 is 0. The summed E-state index contributed by atoms with van der Waals surface area (Å²) in [6, 6.07) is 3.20. The summed E-state index contributed by atoms with van der Waals surface area (Å²) in [5, 5.41) is 18.8. The number of nitrogens with zero attached hydrogens (tertiary/aromatic N) is 2. The van der Waals surface area contributed by atoms with Gasteiger partial charge >= 0.3 is 0 Å². The van der Waals surface area contributed by atoms with Crippen LogP contribution in [0.3, 0.4) is 0 Å². The molecule has 22 heavy (non-hydrogen) atoms. The Kier molecular flexibility index (Phi) is 3.66. The Morgan fingerprint density at radius 1 is 1.36 bits per heavy atom. The van der Waals surface area contributed by atoms with Gasteiger partial charge in [0.2, 0.25) is 0 Å². The van der Waals surface area contributed by atoms with E-state index < -0.39 is 6.29 Å². The molecule has 3 rings (SSSR count). The molecule has 6 heteroatoms. The van der Waals surface area contributed by atoms with Crippen molar-refractivity contribution in [1.29, 1.82) is 0 Å². The van der Waals surface area contributed by atoms with Crippen molar-refractivity contribution in [2.45, 2.75) is 33.0 Å². The molecule has 1 aliphatic rings. The number of piperidine rings is 1. The van der Waals surface area contributed by atoms with Gasteiger partial charge in [-0.2, -0.15) is 0 Å². The van der Waals surface area contributed by atoms with Crippen LogP contribution in [-0.4, -0.2) is 44.1 Å². The Bertz CT molecular complexity index is 696. The van der Waals surface area contributed by atoms with Gasteiger partial charge in [0.15, 0.2) is 6.29 Å². The van der Waals surface area contributed by atoms with Crippen LogP contribution < -0.4 is 0 Å². The highest BCUT2D eigenvalue weighted by Crippen LogP contribution is 2.30. The molecule has 3 N–H and O–H groups in total. The first kappa shape index (κ1) is 15.0. The van der Waals surface area contributed by atoms with Crippen molar-refractivity contribution < 1.29 is 15.0 Å². The fourth-order valence-corrected chi connectivity index (χ4v) is 2.86. The van der Waals surface area contributed by atoms with Crippen molar-refractivity contribution in [3.63, 3.8) is 0 Å². The van der Waals surface area contributed by atoms with E-state index in [1.165, 1.54) is 12.3 Å². The van der Waals surface area contributed by atoms with Crippen molar-refractivity contribution in [3.05, 3.63) is 29.6 Å². The normalized spacial score (nSPS) is 18.1. The van der Waals surface area contributed by atoms with E-state index in [0.29, 0.717) is 22.3 Å². The van der Waals surface area contributed by atoms with Crippen LogP contribution >= 0.6 is 0 Å². The minimum absolute atomic E-state index is 0.0631. The van der Waals surface area contributed by atoms with Crippen molar-refractivity contribution in [1.82, 2.24) is 14.9 Å². The molecule has 1 aliphatic heterocycles. The summed E-state index contributed by atoms with van der Waals surface area (Å²) in [7, 11) is 0. The van der Waals surface area contributed by atoms with Gasteiger partial charge in [0.1, 0.15) is 5.69 Å². The van der Waals surface area contributed by atoms with E-state index in [4.69, 9.17) is 0 Å². The summed E-state index contributed by atoms with van der Waals surface area (Å²) in [6.45, 7) is 5.92. The summed E-state index contributed by atoms with van der Waals surface area (Å²) in [5.74, 6) is -0.0631. The van der Waals surface area contributed by atoms with Gasteiger partial charge in [-0.3, -0.25) is 9.78 Å². The van der Waals surface area contributed by atoms with E-state index in [2.05, 4.69) is 23.8 Å². The third-order valence-electron chi connectivity index (χ3n) is 4.47. The molecular formula is C16H21N3O3. The first-order valence-corrected chi connectivity index (χ1v) is 7.50. The standard InChI is InChI=1S/C16H21N3O3/c1-16(2)4-7-19(8-5-16)14(20)12-9-11-13(18-12)10(15(21)22)3-6-17-11/h3,6,9,15,18,21-22H,4-5,7-8H2,1-2H3. The van der Waals surface area contributed by atoms with Crippen LogP contribution in [-0.2, 0) is 0 Å². The number of amides is 1. The first-order chi connectivity index (χ1) is 10.4. The van der Waals surface area contributed by atoms with Gasteiger partial charge in [-0.15, -0.1) is 0 Å². The number of rotatable bonds is 2. The smallest absolute Gasteiger partial charge is 0.270 e. The summed E-state index contributed by atoms with van der Waals surface area (Å²) in [5.41, 5.74) is 2.11. The van der Waals surface area contributed by atoms with Crippen molar-refractivity contribution in [2.75, 3.05) is 13.1 Å². The van der Waals surface area contributed by atoms with Gasteiger partial charge in [0.05, 0.1) is 11.0 Å². The van der Waals surface area contributed by atoms with Gasteiger partial charge in [0, 0.05) is 24.8 Å². The molecule has 1 saturated heterocycles. The first-order valence-electron chi connectivity index (χ1n) is 7.50. The number of aromatic amines is 1. The van der Waals surface area contributed by atoms with Crippen LogP contribution in [0.4, 0.5) is 0 Å². The predicted molar refractivity (Wildman–Crippen MR) is 82.2 cm³/mol. The predicted octanol–water partition coefficient (Wildman–Crippen LogP) is 1.81. The van der Waals surface area contributed by atoms with Crippen LogP contribution in [0.1, 0.15) is 49.0 Å². The largest absolute Gasteiger partial charge is 0.364 e. The van der Waals surface area contributed by atoms with E-state index >= 15 is 0 Å². The van der Waals surface area contributed by atoms with Gasteiger partial charge in [-0.25, -0.2) is 0 Å². The number of hydrogen-bond acceptors (Lipinski definition) is 4. The number of aromatic nitrogens is 2. The zero-order valence-corrected chi connectivity index (χ0v) is 12.8. The van der Waals surface area contributed by atoms with E-state index in [-0.39, 0.29) is 11.3 Å². The number of hydrogen-bond donors (Lipinski definition) is 3. The molecule has 2 aromatic heterocycles. The molecule has 2 aromatic rings. The molecule has 0 bridgehead atoms. The summed E-state index contributed by atoms with van der Waals surface area (Å²) in [6.07, 6.45) is 1.88. The summed E-state index contributed by atoms with van der Waals surface area (Å²) in [4.78, 5) is 21.6. The Labute approximate surface area is 128 Å². The molecular weight excluding hydrogens is 282 g/mol. The van der Waals surface area contributed by atoms with E-state index in [1.54, 1.807) is 6.07 Å². The second kappa shape index (κ2) is 5.37. The molecule has 0 spiro atoms. The lowest BCUT2D eigenvalue weighted by atomic mass is 9.82. The van der Waals surface area contributed by atoms with Crippen molar-refractivity contribution in [3.8, 4) is 0 Å². The number of carbonyl (C=O) groups excluding carboxylic acids is 1. The number of nitrogens with one attached hydrogen (secondary N) is 1. The van der Waals surface area contributed by atoms with E-state index in [1.807, 2.05) is 4.90 Å². The van der Waals surface area contributed by atoms with E-state index in [0.717, 1.165) is 25.9 Å². The van der Waals surface area contributed by atoms with Gasteiger partial charge in [0.25, 0.3) is 5.91 Å². The zero-order valence-electron chi connectivity index (χ0n) is 12.8. The molecule has 0 aromatic carbocycles. The minimum Gasteiger partial charge on any atom is -0.364 e. The number of fused-ring (bicyclic) bond motifs is 1. The molecule has 0 atom stereocenters. The Balaban J connectivity index is 1.88. The van der Waals surface area contributed by atoms with E-state index in [9.17, 15) is 15.0 Å². The quantitative estimate of drug-likeness (QED) is 0.738. The van der Waals surface area contributed by atoms with Crippen molar-refractivity contribution >= 4 is 16.9 Å². The number of likely N-dealkylation sites (tertiary alicyclic amines) is 1. The fourth-order valence-electron chi connectivity index (χ4n) is 2.86. The van der Waals surface area contributed by atoms with Crippen LogP contribution in [0, 0.1) is 5.41 Å². The van der Waals surface area contributed by atoms with Crippen molar-refractivity contribution in [2.24, 2.45) is 5.41 Å². The fraction of sp³-hybridized carbons (Fsp3) is 0.500. The molecule has 3 heterocycles. The zero-order chi connectivity index (χ0) is 15.9. The van der Waals surface area contributed by atoms with Crippen LogP contribution in [0.5, 0.6) is 0 Å². The van der Waals surface area contributed by atoms with Gasteiger partial charge in [-0.05, 0) is 30.4 Å². The number of H-pyrrole nitrogens is 1. The molecule has 1 amide bonds. The molecule has 0 radical (unpaired) electrons. The topological polar surface area (TPSA) is 89.5 Å². The highest BCUT2D eigenvalue weighted by atomic mass is 16.5. The Morgan fingerprint density at radius 3 is 2.68 bits per heavy atom. The lowest BCUT2D eigenvalue weighted by Gasteiger charge is -2.36. The highest BCUT2D eigenvalue weighted by Gasteiger charge is 2.29. The second-order valence-corrected chi connectivity index (χ2v) is 6.67. The number of carbonyl (C=O) groups is 1. The molecule has 0 aliphatic carbocycles. The maximum Gasteiger partial charge on any atom is 0.270 e. The number of aliphatic hydroxyl groups excluding tert-OH is 1. The molecule has 0 saturated carbocycles. The molecule has 1 fully saturated rings. The maximum absolute atomic E-state index is 12.6. The molecule has 0 unspecified atom stereocenters. The Morgan fingerprint density at radius 2 is 2.05 bits per heavy atom. The SMILES string of the molecule is CC1(C)CCN(C(=O)c2cc3nccc(C(O)O)c3[nH]2)CC1. The monoisotopic (exact) mass is 303 g/mol. The second-order valence-electron chi connectivity index (χ2n) is 6.67. The van der Waals surface area contributed by atoms with Crippen LogP contribution in [0.25, 0.3) is 11.0 Å². The summed E-state index contributed by atoms with van der Waals surface area (Å²) >= 11 is 0. The Hall–Kier alpha value is -1.92. The van der Waals surface area contributed by atoms with Gasteiger partial charge in [-0.1, -0.05) is 13.8 Å². The van der Waals surface area contributed by atoms with Gasteiger partial charge < -0.3 is 20.1 Å². The number of pyridine rings is 1. The average molecular weight is 303 g/mol. The number of aliphatic hydroxyl groups is 2. The lowest BCUT2D eigenvalue weighted by molar-refractivity contribution is -0.0414. The molecule has 6 nitrogen and oxygen atoms in total. The third-order valence-corrected chi connectivity index (χ3v) is 4.47. The van der Waals surface area contributed by atoms with Crippen LogP contribution in [0.2, 0.25) is 0 Å². The maximum atomic E-state index is 12.6. The lowest BCUT2D eigenvalue weighted by Crippen LogP contribution is -2.41. The third kappa shape index (κ3) is 2.71. The average Bonchev–Trinajstić information content (AvgIpc) is 2.90. The molecule has 118 valence electrons. The van der Waals surface area contributed by atoms with Crippen LogP contribution in [0.15, 0.2) is 18.3 Å². The minimum atomic E-state index is -1.59. The highest BCUT2D eigenvalue weighted by molar-refractivity contribution is 5.97.